The molecule has 0 N–H and O–H groups in total. The highest BCUT2D eigenvalue weighted by molar-refractivity contribution is 5.91. The van der Waals surface area contributed by atoms with Gasteiger partial charge in [-0.05, 0) is 12.1 Å². The average molecular weight is 298 g/mol. The number of benzene rings is 1. The summed E-state index contributed by atoms with van der Waals surface area (Å²) in [6.45, 7) is -0.0619. The van der Waals surface area contributed by atoms with E-state index in [1.54, 1.807) is 0 Å². The molecule has 5 nitrogen and oxygen atoms in total. The molecule has 0 radical (unpaired) electrons. The van der Waals surface area contributed by atoms with Gasteiger partial charge in [0.05, 0.1) is 12.7 Å². The van der Waals surface area contributed by atoms with Gasteiger partial charge in [-0.15, -0.1) is 19.3 Å². The van der Waals surface area contributed by atoms with Crippen molar-refractivity contribution in [2.75, 3.05) is 26.9 Å². The van der Waals surface area contributed by atoms with Crippen LogP contribution < -0.4 is 14.2 Å². The Morgan fingerprint density at radius 2 is 1.41 bits per heavy atom. The summed E-state index contributed by atoms with van der Waals surface area (Å²) in [5, 5.41) is 0. The Morgan fingerprint density at radius 1 is 0.955 bits per heavy atom. The molecular formula is C17H14O5. The third kappa shape index (κ3) is 4.40. The maximum absolute atomic E-state index is 11.7. The van der Waals surface area contributed by atoms with Crippen LogP contribution in [0.1, 0.15) is 10.4 Å². The van der Waals surface area contributed by atoms with Crippen molar-refractivity contribution in [2.45, 2.75) is 0 Å². The molecule has 0 spiro atoms. The van der Waals surface area contributed by atoms with E-state index >= 15 is 0 Å². The molecule has 0 bridgehead atoms. The predicted octanol–water partition coefficient (Wildman–Crippen LogP) is 1.51. The van der Waals surface area contributed by atoms with E-state index in [0.717, 1.165) is 0 Å². The molecule has 0 saturated carbocycles. The predicted molar refractivity (Wildman–Crippen MR) is 80.8 cm³/mol. The van der Waals surface area contributed by atoms with Crippen molar-refractivity contribution < 1.29 is 23.7 Å². The molecule has 0 amide bonds. The molecule has 0 unspecified atom stereocenters. The molecule has 112 valence electrons. The van der Waals surface area contributed by atoms with E-state index in [9.17, 15) is 4.79 Å². The summed E-state index contributed by atoms with van der Waals surface area (Å²) < 4.78 is 20.8. The number of terminal acetylenes is 3. The lowest BCUT2D eigenvalue weighted by Crippen LogP contribution is -2.08. The Hall–Kier alpha value is -3.23. The van der Waals surface area contributed by atoms with Gasteiger partial charge < -0.3 is 18.9 Å². The zero-order valence-electron chi connectivity index (χ0n) is 12.0. The van der Waals surface area contributed by atoms with Crippen LogP contribution in [0.5, 0.6) is 17.2 Å². The molecule has 0 heterocycles. The van der Waals surface area contributed by atoms with Crippen LogP contribution in [0, 0.1) is 37.0 Å². The van der Waals surface area contributed by atoms with E-state index in [-0.39, 0.29) is 42.6 Å². The lowest BCUT2D eigenvalue weighted by molar-refractivity contribution is 0.0599. The van der Waals surface area contributed by atoms with Crippen molar-refractivity contribution in [3.8, 4) is 54.3 Å². The van der Waals surface area contributed by atoms with Crippen LogP contribution >= 0.6 is 0 Å². The minimum Gasteiger partial charge on any atom is -0.477 e. The third-order valence-corrected chi connectivity index (χ3v) is 2.36. The highest BCUT2D eigenvalue weighted by Gasteiger charge is 2.19. The number of methoxy groups -OCH3 is 1. The summed E-state index contributed by atoms with van der Waals surface area (Å²) >= 11 is 0. The van der Waals surface area contributed by atoms with Crippen molar-refractivity contribution in [1.82, 2.24) is 0 Å². The SMILES string of the molecule is C#CCOc1cc(C(=O)OC)cc(OCC#C)c1OCC#C. The van der Waals surface area contributed by atoms with Crippen LogP contribution in [0.3, 0.4) is 0 Å². The molecular weight excluding hydrogens is 284 g/mol. The number of carbonyl (C=O) groups excluding carboxylic acids is 1. The molecule has 0 aliphatic carbocycles. The van der Waals surface area contributed by atoms with Crippen LogP contribution in [0.15, 0.2) is 12.1 Å². The summed E-state index contributed by atoms with van der Waals surface area (Å²) in [4.78, 5) is 11.7. The number of esters is 1. The van der Waals surface area contributed by atoms with Gasteiger partial charge in [0.2, 0.25) is 5.75 Å². The molecule has 0 atom stereocenters. The van der Waals surface area contributed by atoms with E-state index in [4.69, 9.17) is 33.5 Å². The Morgan fingerprint density at radius 3 is 1.82 bits per heavy atom. The smallest absolute Gasteiger partial charge is 0.338 e. The number of hydrogen-bond donors (Lipinski definition) is 0. The summed E-state index contributed by atoms with van der Waals surface area (Å²) in [6, 6.07) is 2.86. The first kappa shape index (κ1) is 16.8. The maximum atomic E-state index is 11.7. The molecule has 5 heteroatoms. The molecule has 1 rings (SSSR count). The second-order valence-corrected chi connectivity index (χ2v) is 3.77. The molecule has 0 saturated heterocycles. The van der Waals surface area contributed by atoms with Crippen molar-refractivity contribution in [2.24, 2.45) is 0 Å². The number of ether oxygens (including phenoxy) is 4. The Labute approximate surface area is 129 Å². The second-order valence-electron chi connectivity index (χ2n) is 3.77. The summed E-state index contributed by atoms with van der Waals surface area (Å²) in [5.74, 6) is 7.03. The number of rotatable bonds is 7. The Balaban J connectivity index is 3.33. The Bertz CT molecular complexity index is 616. The first-order valence-electron chi connectivity index (χ1n) is 6.13. The maximum Gasteiger partial charge on any atom is 0.338 e. The monoisotopic (exact) mass is 298 g/mol. The van der Waals surface area contributed by atoms with Crippen LogP contribution in [-0.2, 0) is 4.74 Å². The topological polar surface area (TPSA) is 54.0 Å². The van der Waals surface area contributed by atoms with Gasteiger partial charge in [-0.2, -0.15) is 0 Å². The highest BCUT2D eigenvalue weighted by Crippen LogP contribution is 2.39. The fraction of sp³-hybridized carbons (Fsp3) is 0.235. The van der Waals surface area contributed by atoms with E-state index in [0.29, 0.717) is 0 Å². The largest absolute Gasteiger partial charge is 0.477 e. The summed E-state index contributed by atoms with van der Waals surface area (Å²) in [7, 11) is 1.26. The van der Waals surface area contributed by atoms with Gasteiger partial charge in [0.15, 0.2) is 11.5 Å². The van der Waals surface area contributed by atoms with Crippen molar-refractivity contribution >= 4 is 5.97 Å². The van der Waals surface area contributed by atoms with Crippen LogP contribution in [-0.4, -0.2) is 32.9 Å². The fourth-order valence-electron chi connectivity index (χ4n) is 1.52. The van der Waals surface area contributed by atoms with E-state index < -0.39 is 5.97 Å². The van der Waals surface area contributed by atoms with Crippen molar-refractivity contribution in [3.05, 3.63) is 17.7 Å². The number of hydrogen-bond acceptors (Lipinski definition) is 5. The normalized spacial score (nSPS) is 8.82. The minimum absolute atomic E-state index is 0.0175. The molecule has 22 heavy (non-hydrogen) atoms. The molecule has 1 aromatic carbocycles. The first-order valence-corrected chi connectivity index (χ1v) is 6.13. The van der Waals surface area contributed by atoms with Gasteiger partial charge in [-0.1, -0.05) is 17.8 Å². The summed E-state index contributed by atoms with van der Waals surface area (Å²) in [6.07, 6.45) is 15.5. The lowest BCUT2D eigenvalue weighted by atomic mass is 10.2. The van der Waals surface area contributed by atoms with E-state index in [1.165, 1.54) is 19.2 Å². The quantitative estimate of drug-likeness (QED) is 0.564. The molecule has 0 fully saturated rings. The second kappa shape index (κ2) is 8.84. The highest BCUT2D eigenvalue weighted by atomic mass is 16.5. The van der Waals surface area contributed by atoms with Crippen LogP contribution in [0.4, 0.5) is 0 Å². The third-order valence-electron chi connectivity index (χ3n) is 2.36. The lowest BCUT2D eigenvalue weighted by Gasteiger charge is -2.15. The fourth-order valence-corrected chi connectivity index (χ4v) is 1.52. The zero-order valence-corrected chi connectivity index (χ0v) is 12.0. The van der Waals surface area contributed by atoms with Gasteiger partial charge >= 0.3 is 5.97 Å². The van der Waals surface area contributed by atoms with Gasteiger partial charge in [0, 0.05) is 0 Å². The molecule has 0 aliphatic heterocycles. The van der Waals surface area contributed by atoms with Gasteiger partial charge in [-0.3, -0.25) is 0 Å². The standard InChI is InChI=1S/C17H14O5/c1-5-8-20-14-11-13(17(18)19-4)12-15(21-9-6-2)16(14)22-10-7-3/h1-3,11-12H,8-10H2,4H3. The molecule has 0 aromatic heterocycles. The number of carbonyl (C=O) groups is 1. The van der Waals surface area contributed by atoms with Crippen molar-refractivity contribution in [1.29, 1.82) is 0 Å². The average Bonchev–Trinajstić information content (AvgIpc) is 2.55. The molecule has 0 aliphatic rings. The van der Waals surface area contributed by atoms with Crippen LogP contribution in [0.25, 0.3) is 0 Å². The van der Waals surface area contributed by atoms with Crippen molar-refractivity contribution in [3.63, 3.8) is 0 Å². The Kier molecular flexibility index (Phi) is 6.76. The van der Waals surface area contributed by atoms with Gasteiger partial charge in [0.25, 0.3) is 0 Å². The first-order chi connectivity index (χ1) is 10.7. The zero-order chi connectivity index (χ0) is 16.4. The van der Waals surface area contributed by atoms with Crippen LogP contribution in [0.2, 0.25) is 0 Å². The van der Waals surface area contributed by atoms with Gasteiger partial charge in [-0.25, -0.2) is 4.79 Å². The molecule has 1 aromatic rings. The van der Waals surface area contributed by atoms with E-state index in [1.807, 2.05) is 0 Å². The van der Waals surface area contributed by atoms with Gasteiger partial charge in [0.1, 0.15) is 19.8 Å². The minimum atomic E-state index is -0.570. The summed E-state index contributed by atoms with van der Waals surface area (Å²) in [5.41, 5.74) is 0.203. The van der Waals surface area contributed by atoms with E-state index in [2.05, 4.69) is 22.5 Å².